The maximum Gasteiger partial charge on any atom is 0.317 e. The molecular formula is C17H25FN2O2. The molecule has 0 spiro atoms. The number of nitrogens with one attached hydrogen (secondary N) is 1. The lowest BCUT2D eigenvalue weighted by Crippen LogP contribution is -2.43. The molecule has 2 N–H and O–H groups in total. The van der Waals surface area contributed by atoms with Gasteiger partial charge in [-0.2, -0.15) is 0 Å². The van der Waals surface area contributed by atoms with Crippen molar-refractivity contribution in [3.8, 4) is 0 Å². The van der Waals surface area contributed by atoms with Crippen LogP contribution in [0.15, 0.2) is 24.3 Å². The molecule has 1 fully saturated rings. The van der Waals surface area contributed by atoms with E-state index in [-0.39, 0.29) is 24.4 Å². The number of hydrogen-bond acceptors (Lipinski definition) is 2. The predicted molar refractivity (Wildman–Crippen MR) is 83.9 cm³/mol. The Labute approximate surface area is 131 Å². The van der Waals surface area contributed by atoms with Gasteiger partial charge < -0.3 is 15.3 Å². The average molecular weight is 308 g/mol. The van der Waals surface area contributed by atoms with Crippen molar-refractivity contribution < 1.29 is 14.3 Å². The molecule has 1 aliphatic carbocycles. The fraction of sp³-hybridized carbons (Fsp3) is 0.588. The number of carbonyl (C=O) groups excluding carboxylic acids is 1. The summed E-state index contributed by atoms with van der Waals surface area (Å²) in [6.45, 7) is 1.94. The third kappa shape index (κ3) is 4.44. The molecule has 0 aliphatic heterocycles. The Balaban J connectivity index is 2.11. The summed E-state index contributed by atoms with van der Waals surface area (Å²) in [5, 5.41) is 12.5. The minimum atomic E-state index is -0.563. The smallest absolute Gasteiger partial charge is 0.317 e. The van der Waals surface area contributed by atoms with Crippen LogP contribution in [-0.2, 0) is 0 Å². The molecule has 4 nitrogen and oxygen atoms in total. The van der Waals surface area contributed by atoms with E-state index in [0.717, 1.165) is 18.4 Å². The number of likely N-dealkylation sites (N-methyl/N-ethyl adjacent to an activating group) is 1. The van der Waals surface area contributed by atoms with Crippen molar-refractivity contribution in [1.82, 2.24) is 10.2 Å². The molecular weight excluding hydrogens is 283 g/mol. The number of aliphatic hydroxyl groups is 1. The molecule has 1 aromatic rings. The molecule has 5 heteroatoms. The number of hydrogen-bond donors (Lipinski definition) is 2. The van der Waals surface area contributed by atoms with E-state index in [4.69, 9.17) is 0 Å². The van der Waals surface area contributed by atoms with Crippen molar-refractivity contribution in [2.24, 2.45) is 5.92 Å². The Morgan fingerprint density at radius 1 is 1.36 bits per heavy atom. The van der Waals surface area contributed by atoms with Gasteiger partial charge >= 0.3 is 6.03 Å². The van der Waals surface area contributed by atoms with Gasteiger partial charge in [0.05, 0.1) is 12.1 Å². The first-order valence-corrected chi connectivity index (χ1v) is 7.92. The summed E-state index contributed by atoms with van der Waals surface area (Å²) in [5.74, 6) is 0.112. The maximum absolute atomic E-state index is 13.1. The largest absolute Gasteiger partial charge is 0.392 e. The monoisotopic (exact) mass is 308 g/mol. The normalized spacial score (nSPS) is 18.0. The van der Waals surface area contributed by atoms with Gasteiger partial charge in [-0.3, -0.25) is 0 Å². The Morgan fingerprint density at radius 2 is 1.95 bits per heavy atom. The predicted octanol–water partition coefficient (Wildman–Crippen LogP) is 3.08. The zero-order valence-corrected chi connectivity index (χ0v) is 13.3. The molecule has 2 rings (SSSR count). The van der Waals surface area contributed by atoms with Crippen LogP contribution in [0.25, 0.3) is 0 Å². The van der Waals surface area contributed by atoms with Crippen molar-refractivity contribution in [1.29, 1.82) is 0 Å². The van der Waals surface area contributed by atoms with Crippen molar-refractivity contribution >= 4 is 6.03 Å². The van der Waals surface area contributed by atoms with E-state index < -0.39 is 6.10 Å². The summed E-state index contributed by atoms with van der Waals surface area (Å²) in [6, 6.07) is 6.04. The van der Waals surface area contributed by atoms with E-state index in [1.807, 2.05) is 0 Å². The van der Waals surface area contributed by atoms with E-state index in [2.05, 4.69) is 5.32 Å². The van der Waals surface area contributed by atoms with Crippen LogP contribution in [0.4, 0.5) is 9.18 Å². The van der Waals surface area contributed by atoms with E-state index in [9.17, 15) is 14.3 Å². The number of carbonyl (C=O) groups is 1. The minimum absolute atomic E-state index is 0.105. The summed E-state index contributed by atoms with van der Waals surface area (Å²) in [6.07, 6.45) is 3.92. The maximum atomic E-state index is 13.1. The zero-order chi connectivity index (χ0) is 16.1. The van der Waals surface area contributed by atoms with Gasteiger partial charge in [0.25, 0.3) is 0 Å². The zero-order valence-electron chi connectivity index (χ0n) is 13.3. The van der Waals surface area contributed by atoms with Crippen LogP contribution in [0.2, 0.25) is 0 Å². The number of rotatable bonds is 5. The van der Waals surface area contributed by atoms with Gasteiger partial charge in [0.15, 0.2) is 0 Å². The van der Waals surface area contributed by atoms with E-state index in [1.54, 1.807) is 26.1 Å². The lowest BCUT2D eigenvalue weighted by atomic mass is 9.91. The number of urea groups is 1. The van der Waals surface area contributed by atoms with Crippen LogP contribution in [0, 0.1) is 11.7 Å². The molecule has 0 radical (unpaired) electrons. The summed E-state index contributed by atoms with van der Waals surface area (Å²) >= 11 is 0. The lowest BCUT2D eigenvalue weighted by Gasteiger charge is -2.28. The van der Waals surface area contributed by atoms with Gasteiger partial charge in [0.1, 0.15) is 5.82 Å². The first-order chi connectivity index (χ1) is 10.5. The van der Waals surface area contributed by atoms with Crippen molar-refractivity contribution in [2.75, 3.05) is 13.6 Å². The molecule has 0 aromatic heterocycles. The molecule has 2 atom stereocenters. The van der Waals surface area contributed by atoms with E-state index in [1.165, 1.54) is 29.9 Å². The van der Waals surface area contributed by atoms with Crippen LogP contribution in [0.3, 0.4) is 0 Å². The van der Waals surface area contributed by atoms with Crippen molar-refractivity contribution in [3.63, 3.8) is 0 Å². The topological polar surface area (TPSA) is 52.6 Å². The molecule has 0 heterocycles. The number of benzene rings is 1. The standard InChI is InChI=1S/C17H25FN2O2/c1-12(21)11-20(2)17(22)19-16(13-5-3-4-6-13)14-7-9-15(18)10-8-14/h7-10,12-13,16,21H,3-6,11H2,1-2H3,(H,19,22). The molecule has 1 aliphatic rings. The average Bonchev–Trinajstić information content (AvgIpc) is 2.98. The summed E-state index contributed by atoms with van der Waals surface area (Å²) in [4.78, 5) is 13.8. The van der Waals surface area contributed by atoms with Crippen LogP contribution in [0.5, 0.6) is 0 Å². The molecule has 22 heavy (non-hydrogen) atoms. The fourth-order valence-electron chi connectivity index (χ4n) is 3.16. The summed E-state index contributed by atoms with van der Waals surface area (Å²) in [7, 11) is 1.67. The second-order valence-electron chi connectivity index (χ2n) is 6.25. The van der Waals surface area contributed by atoms with Gasteiger partial charge in [-0.05, 0) is 43.4 Å². The highest BCUT2D eigenvalue weighted by Crippen LogP contribution is 2.35. The Bertz CT molecular complexity index is 484. The first kappa shape index (κ1) is 16.7. The van der Waals surface area contributed by atoms with E-state index in [0.29, 0.717) is 5.92 Å². The molecule has 2 unspecified atom stereocenters. The second kappa shape index (κ2) is 7.58. The van der Waals surface area contributed by atoms with Crippen LogP contribution in [0.1, 0.15) is 44.2 Å². The Kier molecular flexibility index (Phi) is 5.77. The highest BCUT2D eigenvalue weighted by Gasteiger charge is 2.28. The summed E-state index contributed by atoms with van der Waals surface area (Å²) < 4.78 is 13.1. The number of aliphatic hydroxyl groups excluding tert-OH is 1. The third-order valence-corrected chi connectivity index (χ3v) is 4.26. The molecule has 1 aromatic carbocycles. The molecule has 2 amide bonds. The van der Waals surface area contributed by atoms with Gasteiger partial charge in [-0.1, -0.05) is 25.0 Å². The molecule has 0 saturated heterocycles. The quantitative estimate of drug-likeness (QED) is 0.878. The molecule has 122 valence electrons. The van der Waals surface area contributed by atoms with Gasteiger partial charge in [0.2, 0.25) is 0 Å². The highest BCUT2D eigenvalue weighted by molar-refractivity contribution is 5.74. The van der Waals surface area contributed by atoms with Gasteiger partial charge in [-0.25, -0.2) is 9.18 Å². The number of nitrogens with zero attached hydrogens (tertiary/aromatic N) is 1. The van der Waals surface area contributed by atoms with Crippen LogP contribution in [-0.4, -0.2) is 35.7 Å². The Morgan fingerprint density at radius 3 is 2.50 bits per heavy atom. The van der Waals surface area contributed by atoms with Crippen molar-refractivity contribution in [2.45, 2.75) is 44.8 Å². The van der Waals surface area contributed by atoms with Crippen molar-refractivity contribution in [3.05, 3.63) is 35.6 Å². The lowest BCUT2D eigenvalue weighted by molar-refractivity contribution is 0.140. The fourth-order valence-corrected chi connectivity index (χ4v) is 3.16. The van der Waals surface area contributed by atoms with Gasteiger partial charge in [0, 0.05) is 13.6 Å². The first-order valence-electron chi connectivity index (χ1n) is 7.92. The Hall–Kier alpha value is -1.62. The summed E-state index contributed by atoms with van der Waals surface area (Å²) in [5.41, 5.74) is 0.937. The second-order valence-corrected chi connectivity index (χ2v) is 6.25. The number of halogens is 1. The van der Waals surface area contributed by atoms with E-state index >= 15 is 0 Å². The number of amides is 2. The third-order valence-electron chi connectivity index (χ3n) is 4.26. The van der Waals surface area contributed by atoms with Crippen LogP contribution < -0.4 is 5.32 Å². The minimum Gasteiger partial charge on any atom is -0.392 e. The molecule has 0 bridgehead atoms. The molecule has 1 saturated carbocycles. The van der Waals surface area contributed by atoms with Gasteiger partial charge in [-0.15, -0.1) is 0 Å². The SMILES string of the molecule is CC(O)CN(C)C(=O)NC(c1ccc(F)cc1)C1CCCC1. The highest BCUT2D eigenvalue weighted by atomic mass is 19.1. The van der Waals surface area contributed by atoms with Crippen LogP contribution >= 0.6 is 0 Å².